The van der Waals surface area contributed by atoms with Crippen LogP contribution < -0.4 is 15.0 Å². The standard InChI is InChI=1S/C23H29N3O3/c27-23(16-19-6-8-21(9-7-19)28-17-22-18-29-22)24-10-11-25-12-14-26(15-13-25)20-4-2-1-3-5-20/h1-9,22H,10-18H2,(H,24,27)/t22-/m0/s1. The van der Waals surface area contributed by atoms with E-state index in [2.05, 4.69) is 45.4 Å². The summed E-state index contributed by atoms with van der Waals surface area (Å²) in [7, 11) is 0. The van der Waals surface area contributed by atoms with Gasteiger partial charge in [0.2, 0.25) is 5.91 Å². The van der Waals surface area contributed by atoms with Crippen LogP contribution >= 0.6 is 0 Å². The smallest absolute Gasteiger partial charge is 0.224 e. The number of rotatable bonds is 9. The van der Waals surface area contributed by atoms with Gasteiger partial charge in [-0.25, -0.2) is 0 Å². The van der Waals surface area contributed by atoms with Crippen molar-refractivity contribution in [3.8, 4) is 5.75 Å². The van der Waals surface area contributed by atoms with Gasteiger partial charge in [0, 0.05) is 45.0 Å². The van der Waals surface area contributed by atoms with E-state index in [0.717, 1.165) is 50.6 Å². The number of amides is 1. The van der Waals surface area contributed by atoms with Gasteiger partial charge < -0.3 is 19.7 Å². The second-order valence-corrected chi connectivity index (χ2v) is 7.60. The Morgan fingerprint density at radius 1 is 1.03 bits per heavy atom. The lowest BCUT2D eigenvalue weighted by Gasteiger charge is -2.36. The highest BCUT2D eigenvalue weighted by molar-refractivity contribution is 5.78. The fourth-order valence-corrected chi connectivity index (χ4v) is 3.53. The Morgan fingerprint density at radius 2 is 1.76 bits per heavy atom. The zero-order valence-corrected chi connectivity index (χ0v) is 16.8. The van der Waals surface area contributed by atoms with Gasteiger partial charge in [-0.1, -0.05) is 30.3 Å². The van der Waals surface area contributed by atoms with E-state index >= 15 is 0 Å². The van der Waals surface area contributed by atoms with Crippen molar-refractivity contribution in [1.29, 1.82) is 0 Å². The number of nitrogens with zero attached hydrogens (tertiary/aromatic N) is 2. The van der Waals surface area contributed by atoms with Crippen LogP contribution in [0.1, 0.15) is 5.56 Å². The Hall–Kier alpha value is -2.57. The van der Waals surface area contributed by atoms with Gasteiger partial charge in [-0.2, -0.15) is 0 Å². The van der Waals surface area contributed by atoms with E-state index in [-0.39, 0.29) is 12.0 Å². The van der Waals surface area contributed by atoms with E-state index in [1.54, 1.807) is 0 Å². The Kier molecular flexibility index (Phi) is 6.64. The van der Waals surface area contributed by atoms with E-state index in [1.165, 1.54) is 5.69 Å². The molecule has 0 unspecified atom stereocenters. The normalized spacial score (nSPS) is 19.0. The molecule has 0 spiro atoms. The molecule has 0 saturated carbocycles. The SMILES string of the molecule is O=C(Cc1ccc(OC[C@H]2CO2)cc1)NCCN1CCN(c2ccccc2)CC1. The molecule has 2 fully saturated rings. The maximum absolute atomic E-state index is 12.2. The number of carbonyl (C=O) groups is 1. The van der Waals surface area contributed by atoms with E-state index in [0.29, 0.717) is 19.6 Å². The number of hydrogen-bond acceptors (Lipinski definition) is 5. The van der Waals surface area contributed by atoms with Crippen molar-refractivity contribution >= 4 is 11.6 Å². The number of nitrogens with one attached hydrogen (secondary N) is 1. The molecule has 2 aliphatic heterocycles. The highest BCUT2D eigenvalue weighted by atomic mass is 16.6. The molecule has 1 atom stereocenters. The lowest BCUT2D eigenvalue weighted by Crippen LogP contribution is -2.48. The monoisotopic (exact) mass is 395 g/mol. The molecule has 0 aromatic heterocycles. The molecule has 6 nitrogen and oxygen atoms in total. The molecule has 2 heterocycles. The van der Waals surface area contributed by atoms with Crippen LogP contribution in [0.15, 0.2) is 54.6 Å². The first-order valence-corrected chi connectivity index (χ1v) is 10.4. The summed E-state index contributed by atoms with van der Waals surface area (Å²) in [6.45, 7) is 7.08. The first kappa shape index (κ1) is 19.7. The zero-order chi connectivity index (χ0) is 19.9. The summed E-state index contributed by atoms with van der Waals surface area (Å²) in [5.41, 5.74) is 2.28. The minimum atomic E-state index is 0.0629. The van der Waals surface area contributed by atoms with Crippen LogP contribution in [-0.4, -0.2) is 69.4 Å². The zero-order valence-electron chi connectivity index (χ0n) is 16.8. The van der Waals surface area contributed by atoms with Gasteiger partial charge >= 0.3 is 0 Å². The van der Waals surface area contributed by atoms with Gasteiger partial charge in [0.15, 0.2) is 0 Å². The Bertz CT molecular complexity index is 770. The van der Waals surface area contributed by atoms with Crippen LogP contribution in [0.5, 0.6) is 5.75 Å². The molecule has 2 aromatic rings. The summed E-state index contributed by atoms with van der Waals surface area (Å²) in [4.78, 5) is 17.0. The Morgan fingerprint density at radius 3 is 2.45 bits per heavy atom. The van der Waals surface area contributed by atoms with Crippen molar-refractivity contribution in [2.24, 2.45) is 0 Å². The number of epoxide rings is 1. The second-order valence-electron chi connectivity index (χ2n) is 7.60. The highest BCUT2D eigenvalue weighted by Crippen LogP contribution is 2.17. The molecule has 1 amide bonds. The van der Waals surface area contributed by atoms with Crippen molar-refractivity contribution < 1.29 is 14.3 Å². The molecule has 154 valence electrons. The molecular formula is C23H29N3O3. The predicted octanol–water partition coefficient (Wildman–Crippen LogP) is 1.95. The molecule has 4 rings (SSSR count). The summed E-state index contributed by atoms with van der Waals surface area (Å²) in [5, 5.41) is 3.04. The quantitative estimate of drug-likeness (QED) is 0.658. The van der Waals surface area contributed by atoms with Crippen molar-refractivity contribution in [1.82, 2.24) is 10.2 Å². The number of hydrogen-bond donors (Lipinski definition) is 1. The molecule has 29 heavy (non-hydrogen) atoms. The molecular weight excluding hydrogens is 366 g/mol. The Labute approximate surface area is 172 Å². The number of anilines is 1. The van der Waals surface area contributed by atoms with Gasteiger partial charge in [-0.05, 0) is 29.8 Å². The first-order chi connectivity index (χ1) is 14.3. The van der Waals surface area contributed by atoms with Crippen LogP contribution in [0.2, 0.25) is 0 Å². The lowest BCUT2D eigenvalue weighted by atomic mass is 10.1. The summed E-state index contributed by atoms with van der Waals surface area (Å²) in [5.74, 6) is 0.882. The van der Waals surface area contributed by atoms with Gasteiger partial charge in [0.25, 0.3) is 0 Å². The average Bonchev–Trinajstić information content (AvgIpc) is 3.59. The van der Waals surface area contributed by atoms with Crippen LogP contribution in [0, 0.1) is 0 Å². The first-order valence-electron chi connectivity index (χ1n) is 10.4. The van der Waals surface area contributed by atoms with E-state index in [1.807, 2.05) is 24.3 Å². The molecule has 2 aromatic carbocycles. The van der Waals surface area contributed by atoms with Crippen molar-refractivity contribution in [3.05, 3.63) is 60.2 Å². The maximum Gasteiger partial charge on any atom is 0.224 e. The molecule has 0 bridgehead atoms. The number of carbonyl (C=O) groups excluding carboxylic acids is 1. The summed E-state index contributed by atoms with van der Waals surface area (Å²) < 4.78 is 10.8. The lowest BCUT2D eigenvalue weighted by molar-refractivity contribution is -0.120. The number of para-hydroxylation sites is 1. The summed E-state index contributed by atoms with van der Waals surface area (Å²) in [6, 6.07) is 18.3. The molecule has 2 saturated heterocycles. The van der Waals surface area contributed by atoms with Gasteiger partial charge in [0.05, 0.1) is 13.0 Å². The topological polar surface area (TPSA) is 57.3 Å². The maximum atomic E-state index is 12.2. The van der Waals surface area contributed by atoms with Crippen LogP contribution in [-0.2, 0) is 16.0 Å². The number of ether oxygens (including phenoxy) is 2. The predicted molar refractivity (Wildman–Crippen MR) is 113 cm³/mol. The minimum Gasteiger partial charge on any atom is -0.491 e. The molecule has 2 aliphatic rings. The van der Waals surface area contributed by atoms with E-state index in [4.69, 9.17) is 9.47 Å². The second kappa shape index (κ2) is 9.76. The van der Waals surface area contributed by atoms with Crippen molar-refractivity contribution in [2.45, 2.75) is 12.5 Å². The van der Waals surface area contributed by atoms with Gasteiger partial charge in [-0.3, -0.25) is 9.69 Å². The molecule has 6 heteroatoms. The largest absolute Gasteiger partial charge is 0.491 e. The van der Waals surface area contributed by atoms with Crippen molar-refractivity contribution in [2.75, 3.05) is 57.4 Å². The van der Waals surface area contributed by atoms with Crippen LogP contribution in [0.4, 0.5) is 5.69 Å². The summed E-state index contributed by atoms with van der Waals surface area (Å²) in [6.07, 6.45) is 0.648. The molecule has 0 aliphatic carbocycles. The Balaban J connectivity index is 1.11. The van der Waals surface area contributed by atoms with Crippen LogP contribution in [0.25, 0.3) is 0 Å². The molecule has 1 N–H and O–H groups in total. The third-order valence-electron chi connectivity index (χ3n) is 5.37. The van der Waals surface area contributed by atoms with Crippen LogP contribution in [0.3, 0.4) is 0 Å². The number of piperazine rings is 1. The highest BCUT2D eigenvalue weighted by Gasteiger charge is 2.23. The van der Waals surface area contributed by atoms with Gasteiger partial charge in [-0.15, -0.1) is 0 Å². The van der Waals surface area contributed by atoms with E-state index < -0.39 is 0 Å². The minimum absolute atomic E-state index is 0.0629. The average molecular weight is 396 g/mol. The fraction of sp³-hybridized carbons (Fsp3) is 0.435. The van der Waals surface area contributed by atoms with Crippen molar-refractivity contribution in [3.63, 3.8) is 0 Å². The van der Waals surface area contributed by atoms with E-state index in [9.17, 15) is 4.79 Å². The fourth-order valence-electron chi connectivity index (χ4n) is 3.53. The van der Waals surface area contributed by atoms with Gasteiger partial charge in [0.1, 0.15) is 18.5 Å². The third-order valence-corrected chi connectivity index (χ3v) is 5.37. The summed E-state index contributed by atoms with van der Waals surface area (Å²) >= 11 is 0. The number of benzene rings is 2. The molecule has 0 radical (unpaired) electrons. The third kappa shape index (κ3) is 6.21.